The first-order valence-electron chi connectivity index (χ1n) is 6.43. The highest BCUT2D eigenvalue weighted by Crippen LogP contribution is 2.16. The summed E-state index contributed by atoms with van der Waals surface area (Å²) >= 11 is 0. The molecule has 112 valence electrons. The molecule has 1 aromatic rings. The number of rotatable bonds is 4. The van der Waals surface area contributed by atoms with E-state index >= 15 is 0 Å². The maximum absolute atomic E-state index is 12.0. The van der Waals surface area contributed by atoms with Gasteiger partial charge in [0.05, 0.1) is 6.26 Å². The average molecular weight is 301 g/mol. The van der Waals surface area contributed by atoms with E-state index in [1.807, 2.05) is 0 Å². The van der Waals surface area contributed by atoms with Crippen molar-refractivity contribution in [3.63, 3.8) is 0 Å². The third-order valence-electron chi connectivity index (χ3n) is 3.32. The summed E-state index contributed by atoms with van der Waals surface area (Å²) in [6, 6.07) is 3.23. The summed E-state index contributed by atoms with van der Waals surface area (Å²) in [4.78, 5) is 11.8. The molecule has 1 aromatic heterocycles. The Labute approximate surface area is 118 Å². The minimum Gasteiger partial charge on any atom is -0.459 e. The molecular formula is C12H19N3O4S. The van der Waals surface area contributed by atoms with E-state index in [9.17, 15) is 13.2 Å². The molecule has 0 atom stereocenters. The number of hydrogen-bond donors (Lipinski definition) is 1. The Morgan fingerprint density at radius 3 is 2.55 bits per heavy atom. The molecule has 1 saturated heterocycles. The largest absolute Gasteiger partial charge is 0.459 e. The van der Waals surface area contributed by atoms with Gasteiger partial charge in [-0.15, -0.1) is 0 Å². The minimum absolute atomic E-state index is 0.0267. The van der Waals surface area contributed by atoms with E-state index in [4.69, 9.17) is 4.42 Å². The molecule has 7 nitrogen and oxygen atoms in total. The highest BCUT2D eigenvalue weighted by atomic mass is 32.2. The van der Waals surface area contributed by atoms with E-state index in [0.717, 1.165) is 0 Å². The second kappa shape index (κ2) is 5.94. The number of amides is 1. The van der Waals surface area contributed by atoms with Crippen LogP contribution in [-0.2, 0) is 10.2 Å². The smallest absolute Gasteiger partial charge is 0.287 e. The number of carbonyl (C=O) groups excluding carboxylic acids is 1. The fourth-order valence-corrected chi connectivity index (χ4v) is 3.26. The van der Waals surface area contributed by atoms with Crippen LogP contribution in [0.1, 0.15) is 23.4 Å². The summed E-state index contributed by atoms with van der Waals surface area (Å²) in [5.74, 6) is 0.0114. The zero-order valence-corrected chi connectivity index (χ0v) is 12.4. The highest BCUT2D eigenvalue weighted by molar-refractivity contribution is 7.86. The van der Waals surface area contributed by atoms with Gasteiger partial charge < -0.3 is 9.73 Å². The van der Waals surface area contributed by atoms with Crippen molar-refractivity contribution in [2.45, 2.75) is 18.9 Å². The van der Waals surface area contributed by atoms with Crippen LogP contribution in [-0.4, -0.2) is 56.2 Å². The van der Waals surface area contributed by atoms with Crippen molar-refractivity contribution in [2.24, 2.45) is 0 Å². The topological polar surface area (TPSA) is 82.9 Å². The third-order valence-corrected chi connectivity index (χ3v) is 5.26. The molecule has 0 bridgehead atoms. The van der Waals surface area contributed by atoms with E-state index in [-0.39, 0.29) is 17.7 Å². The fourth-order valence-electron chi connectivity index (χ4n) is 2.13. The Morgan fingerprint density at radius 1 is 1.40 bits per heavy atom. The number of piperidine rings is 1. The normalized spacial score (nSPS) is 18.4. The summed E-state index contributed by atoms with van der Waals surface area (Å²) in [6.07, 6.45) is 2.64. The van der Waals surface area contributed by atoms with Crippen LogP contribution in [0.15, 0.2) is 22.8 Å². The first-order valence-corrected chi connectivity index (χ1v) is 7.83. The van der Waals surface area contributed by atoms with E-state index in [1.165, 1.54) is 29.0 Å². The molecule has 8 heteroatoms. The fraction of sp³-hybridized carbons (Fsp3) is 0.583. The van der Waals surface area contributed by atoms with E-state index in [1.54, 1.807) is 12.1 Å². The van der Waals surface area contributed by atoms with Gasteiger partial charge >= 0.3 is 0 Å². The minimum atomic E-state index is -3.36. The molecule has 1 aliphatic rings. The van der Waals surface area contributed by atoms with Gasteiger partial charge in [-0.2, -0.15) is 17.0 Å². The van der Waals surface area contributed by atoms with Crippen LogP contribution in [0, 0.1) is 0 Å². The van der Waals surface area contributed by atoms with Crippen molar-refractivity contribution in [1.29, 1.82) is 0 Å². The zero-order chi connectivity index (χ0) is 14.8. The predicted octanol–water partition coefficient (Wildman–Crippen LogP) is 0.280. The van der Waals surface area contributed by atoms with Crippen molar-refractivity contribution in [2.75, 3.05) is 27.2 Å². The lowest BCUT2D eigenvalue weighted by Gasteiger charge is -2.32. The number of carbonyl (C=O) groups is 1. The molecule has 2 heterocycles. The average Bonchev–Trinajstić information content (AvgIpc) is 2.93. The maximum atomic E-state index is 12.0. The third kappa shape index (κ3) is 3.20. The van der Waals surface area contributed by atoms with E-state index < -0.39 is 10.2 Å². The standard InChI is InChI=1S/C12H19N3O4S/c1-14(2)20(17,18)15-7-5-10(6-8-15)13-12(16)11-4-3-9-19-11/h3-4,9-10H,5-8H2,1-2H3,(H,13,16). The second-order valence-electron chi connectivity index (χ2n) is 4.91. The lowest BCUT2D eigenvalue weighted by molar-refractivity contribution is 0.0895. The van der Waals surface area contributed by atoms with Crippen LogP contribution in [0.5, 0.6) is 0 Å². The van der Waals surface area contributed by atoms with Crippen molar-refractivity contribution in [3.8, 4) is 0 Å². The van der Waals surface area contributed by atoms with Crippen molar-refractivity contribution in [3.05, 3.63) is 24.2 Å². The second-order valence-corrected chi connectivity index (χ2v) is 7.06. The van der Waals surface area contributed by atoms with Gasteiger partial charge in [-0.1, -0.05) is 0 Å². The van der Waals surface area contributed by atoms with Gasteiger partial charge in [0, 0.05) is 33.2 Å². The van der Waals surface area contributed by atoms with Crippen molar-refractivity contribution in [1.82, 2.24) is 13.9 Å². The van der Waals surface area contributed by atoms with Gasteiger partial charge in [-0.3, -0.25) is 4.79 Å². The quantitative estimate of drug-likeness (QED) is 0.866. The Balaban J connectivity index is 1.88. The first-order chi connectivity index (χ1) is 9.41. The number of nitrogens with one attached hydrogen (secondary N) is 1. The Bertz CT molecular complexity index is 545. The Kier molecular flexibility index (Phi) is 4.46. The van der Waals surface area contributed by atoms with Crippen LogP contribution in [0.2, 0.25) is 0 Å². The lowest BCUT2D eigenvalue weighted by Crippen LogP contribution is -2.49. The number of nitrogens with zero attached hydrogens (tertiary/aromatic N) is 2. The molecule has 0 aliphatic carbocycles. The number of furan rings is 1. The molecule has 2 rings (SSSR count). The van der Waals surface area contributed by atoms with Crippen LogP contribution >= 0.6 is 0 Å². The molecule has 0 spiro atoms. The number of hydrogen-bond acceptors (Lipinski definition) is 4. The van der Waals surface area contributed by atoms with Gasteiger partial charge in [-0.25, -0.2) is 0 Å². The summed E-state index contributed by atoms with van der Waals surface area (Å²) in [5, 5.41) is 2.85. The molecule has 1 N–H and O–H groups in total. The molecule has 0 unspecified atom stereocenters. The van der Waals surface area contributed by atoms with Gasteiger partial charge in [-0.05, 0) is 25.0 Å². The van der Waals surface area contributed by atoms with Crippen LogP contribution in [0.4, 0.5) is 0 Å². The molecule has 0 aromatic carbocycles. The van der Waals surface area contributed by atoms with Gasteiger partial charge in [0.25, 0.3) is 16.1 Å². The zero-order valence-electron chi connectivity index (χ0n) is 11.6. The van der Waals surface area contributed by atoms with Gasteiger partial charge in [0.2, 0.25) is 0 Å². The van der Waals surface area contributed by atoms with Crippen LogP contribution in [0.3, 0.4) is 0 Å². The first kappa shape index (κ1) is 15.0. The Morgan fingerprint density at radius 2 is 2.05 bits per heavy atom. The van der Waals surface area contributed by atoms with Crippen LogP contribution < -0.4 is 5.32 Å². The Hall–Kier alpha value is -1.38. The van der Waals surface area contributed by atoms with Crippen molar-refractivity contribution < 1.29 is 17.6 Å². The van der Waals surface area contributed by atoms with Gasteiger partial charge in [0.15, 0.2) is 5.76 Å². The predicted molar refractivity (Wildman–Crippen MR) is 73.4 cm³/mol. The SMILES string of the molecule is CN(C)S(=O)(=O)N1CCC(NC(=O)c2ccco2)CC1. The van der Waals surface area contributed by atoms with E-state index in [2.05, 4.69) is 5.32 Å². The molecule has 0 radical (unpaired) electrons. The van der Waals surface area contributed by atoms with Gasteiger partial charge in [0.1, 0.15) is 0 Å². The summed E-state index contributed by atoms with van der Waals surface area (Å²) in [5.41, 5.74) is 0. The highest BCUT2D eigenvalue weighted by Gasteiger charge is 2.30. The maximum Gasteiger partial charge on any atom is 0.287 e. The van der Waals surface area contributed by atoms with Crippen molar-refractivity contribution >= 4 is 16.1 Å². The monoisotopic (exact) mass is 301 g/mol. The van der Waals surface area contributed by atoms with Crippen LogP contribution in [0.25, 0.3) is 0 Å². The molecule has 0 saturated carbocycles. The summed E-state index contributed by atoms with van der Waals surface area (Å²) < 4.78 is 31.6. The molecule has 1 aliphatic heterocycles. The van der Waals surface area contributed by atoms with E-state index in [0.29, 0.717) is 25.9 Å². The molecular weight excluding hydrogens is 282 g/mol. The molecule has 20 heavy (non-hydrogen) atoms. The molecule has 1 fully saturated rings. The lowest BCUT2D eigenvalue weighted by atomic mass is 10.1. The molecule has 1 amide bonds. The summed E-state index contributed by atoms with van der Waals surface area (Å²) in [6.45, 7) is 0.813. The summed E-state index contributed by atoms with van der Waals surface area (Å²) in [7, 11) is -0.332.